The molecule has 0 aliphatic carbocycles. The van der Waals surface area contributed by atoms with Gasteiger partial charge in [0.15, 0.2) is 12.7 Å². The third kappa shape index (κ3) is 2.48. The first-order chi connectivity index (χ1) is 9.25. The number of rotatable bonds is 2. The largest absolute Gasteiger partial charge is 0.246 e. The van der Waals surface area contributed by atoms with Gasteiger partial charge in [0.2, 0.25) is 5.03 Å². The van der Waals surface area contributed by atoms with E-state index in [0.717, 1.165) is 21.9 Å². The number of benzene rings is 2. The predicted octanol–water partition coefficient (Wildman–Crippen LogP) is 3.75. The van der Waals surface area contributed by atoms with E-state index >= 15 is 0 Å². The fourth-order valence-corrected chi connectivity index (χ4v) is 3.03. The molecule has 3 rings (SSSR count). The lowest BCUT2D eigenvalue weighted by molar-refractivity contribution is -0.722. The second-order valence-electron chi connectivity index (χ2n) is 4.49. The standard InChI is InChI=1S/C16H13NS2/c18-14-8-4-7-13-9-10-17(16(19)15(13)14)11-12-5-2-1-3-6-12/h1-10H,11H2,(H,18,19)/p+1. The van der Waals surface area contributed by atoms with Crippen LogP contribution < -0.4 is 4.57 Å². The molecule has 1 heterocycles. The average molecular weight is 284 g/mol. The van der Waals surface area contributed by atoms with Crippen molar-refractivity contribution >= 4 is 36.0 Å². The van der Waals surface area contributed by atoms with Crippen LogP contribution in [-0.4, -0.2) is 0 Å². The summed E-state index contributed by atoms with van der Waals surface area (Å²) in [6.07, 6.45) is 2.07. The Bertz CT molecular complexity index is 723. The molecule has 0 bridgehead atoms. The number of hydrogen-bond acceptors (Lipinski definition) is 2. The zero-order valence-electron chi connectivity index (χ0n) is 10.3. The van der Waals surface area contributed by atoms with E-state index in [4.69, 9.17) is 0 Å². The summed E-state index contributed by atoms with van der Waals surface area (Å²) in [5.41, 5.74) is 1.26. The van der Waals surface area contributed by atoms with Crippen LogP contribution in [0.1, 0.15) is 5.56 Å². The van der Waals surface area contributed by atoms with Crippen molar-refractivity contribution in [2.45, 2.75) is 16.5 Å². The summed E-state index contributed by atoms with van der Waals surface area (Å²) >= 11 is 9.21. The van der Waals surface area contributed by atoms with Gasteiger partial charge in [-0.25, -0.2) is 0 Å². The van der Waals surface area contributed by atoms with E-state index in [9.17, 15) is 0 Å². The first-order valence-electron chi connectivity index (χ1n) is 6.13. The maximum Gasteiger partial charge on any atom is 0.246 e. The molecule has 0 aliphatic rings. The Morgan fingerprint density at radius 3 is 2.42 bits per heavy atom. The molecule has 0 spiro atoms. The van der Waals surface area contributed by atoms with Gasteiger partial charge in [0.25, 0.3) is 0 Å². The molecular formula is C16H14NS2+. The number of aromatic nitrogens is 1. The summed E-state index contributed by atoms with van der Waals surface area (Å²) in [5.74, 6) is 0. The molecule has 19 heavy (non-hydrogen) atoms. The number of fused-ring (bicyclic) bond motifs is 1. The van der Waals surface area contributed by atoms with Crippen LogP contribution in [0.25, 0.3) is 10.8 Å². The van der Waals surface area contributed by atoms with Gasteiger partial charge < -0.3 is 0 Å². The highest BCUT2D eigenvalue weighted by molar-refractivity contribution is 7.81. The topological polar surface area (TPSA) is 3.88 Å². The molecule has 1 aromatic heterocycles. The van der Waals surface area contributed by atoms with Crippen molar-refractivity contribution in [2.24, 2.45) is 0 Å². The van der Waals surface area contributed by atoms with Gasteiger partial charge in [-0.15, -0.1) is 12.6 Å². The minimum absolute atomic E-state index is 0.817. The third-order valence-electron chi connectivity index (χ3n) is 3.20. The maximum absolute atomic E-state index is 4.68. The molecule has 3 heteroatoms. The molecule has 1 nitrogen and oxygen atoms in total. The normalized spacial score (nSPS) is 10.8. The molecule has 2 aromatic carbocycles. The summed E-state index contributed by atoms with van der Waals surface area (Å²) in [6.45, 7) is 0.817. The van der Waals surface area contributed by atoms with Crippen LogP contribution in [0.15, 0.2) is 70.7 Å². The van der Waals surface area contributed by atoms with Gasteiger partial charge in [-0.2, -0.15) is 4.57 Å². The molecule has 94 valence electrons. The van der Waals surface area contributed by atoms with Crippen LogP contribution in [0.3, 0.4) is 0 Å². The molecule has 0 amide bonds. The van der Waals surface area contributed by atoms with Gasteiger partial charge in [-0.1, -0.05) is 55.1 Å². The summed E-state index contributed by atoms with van der Waals surface area (Å²) in [5, 5.41) is 3.22. The summed E-state index contributed by atoms with van der Waals surface area (Å²) in [4.78, 5) is 0.963. The van der Waals surface area contributed by atoms with E-state index in [0.29, 0.717) is 0 Å². The highest BCUT2D eigenvalue weighted by Crippen LogP contribution is 2.25. The highest BCUT2D eigenvalue weighted by atomic mass is 32.1. The Kier molecular flexibility index (Phi) is 3.49. The number of nitrogens with zero attached hydrogens (tertiary/aromatic N) is 1. The number of hydrogen-bond donors (Lipinski definition) is 2. The molecular weight excluding hydrogens is 270 g/mol. The first-order valence-corrected chi connectivity index (χ1v) is 7.02. The smallest absolute Gasteiger partial charge is 0.188 e. The third-order valence-corrected chi connectivity index (χ3v) is 4.05. The van der Waals surface area contributed by atoms with Crippen molar-refractivity contribution < 1.29 is 4.57 Å². The van der Waals surface area contributed by atoms with E-state index < -0.39 is 0 Å². The first kappa shape index (κ1) is 12.6. The fourth-order valence-electron chi connectivity index (χ4n) is 2.23. The Balaban J connectivity index is 2.10. The van der Waals surface area contributed by atoms with Crippen molar-refractivity contribution in [2.75, 3.05) is 0 Å². The zero-order valence-corrected chi connectivity index (χ0v) is 12.1. The molecule has 0 saturated carbocycles. The molecule has 0 atom stereocenters. The van der Waals surface area contributed by atoms with Gasteiger partial charge in [-0.05, 0) is 11.5 Å². The number of pyridine rings is 1. The SMILES string of the molecule is Sc1cccc2cc[n+](Cc3ccccc3)c(S)c12. The van der Waals surface area contributed by atoms with Gasteiger partial charge >= 0.3 is 0 Å². The van der Waals surface area contributed by atoms with Crippen molar-refractivity contribution in [3.05, 3.63) is 66.4 Å². The number of thiol groups is 2. The van der Waals surface area contributed by atoms with Gasteiger partial charge in [0.1, 0.15) is 0 Å². The second kappa shape index (κ2) is 5.27. The Morgan fingerprint density at radius 2 is 1.63 bits per heavy atom. The van der Waals surface area contributed by atoms with Crippen LogP contribution in [0.5, 0.6) is 0 Å². The van der Waals surface area contributed by atoms with E-state index in [1.807, 2.05) is 18.2 Å². The highest BCUT2D eigenvalue weighted by Gasteiger charge is 2.14. The Hall–Kier alpha value is -1.45. The van der Waals surface area contributed by atoms with E-state index in [-0.39, 0.29) is 0 Å². The van der Waals surface area contributed by atoms with Crippen LogP contribution in [-0.2, 0) is 6.54 Å². The fraction of sp³-hybridized carbons (Fsp3) is 0.0625. The molecule has 3 aromatic rings. The molecule has 0 saturated heterocycles. The van der Waals surface area contributed by atoms with E-state index in [1.165, 1.54) is 10.9 Å². The second-order valence-corrected chi connectivity index (χ2v) is 5.40. The van der Waals surface area contributed by atoms with Crippen LogP contribution in [0.2, 0.25) is 0 Å². The maximum atomic E-state index is 4.68. The summed E-state index contributed by atoms with van der Waals surface area (Å²) in [6, 6.07) is 18.6. The molecule has 0 radical (unpaired) electrons. The lowest BCUT2D eigenvalue weighted by atomic mass is 10.1. The minimum Gasteiger partial charge on any atom is -0.188 e. The van der Waals surface area contributed by atoms with Gasteiger partial charge in [0.05, 0.1) is 5.39 Å². The Morgan fingerprint density at radius 1 is 0.842 bits per heavy atom. The minimum atomic E-state index is 0.817. The van der Waals surface area contributed by atoms with E-state index in [1.54, 1.807) is 0 Å². The van der Waals surface area contributed by atoms with Gasteiger partial charge in [-0.3, -0.25) is 0 Å². The zero-order chi connectivity index (χ0) is 13.2. The van der Waals surface area contributed by atoms with Crippen LogP contribution in [0, 0.1) is 0 Å². The van der Waals surface area contributed by atoms with Crippen LogP contribution in [0.4, 0.5) is 0 Å². The lowest BCUT2D eigenvalue weighted by Crippen LogP contribution is -2.35. The van der Waals surface area contributed by atoms with Crippen molar-refractivity contribution in [1.29, 1.82) is 0 Å². The quantitative estimate of drug-likeness (QED) is 0.521. The lowest BCUT2D eigenvalue weighted by Gasteiger charge is -2.05. The molecule has 0 fully saturated rings. The summed E-state index contributed by atoms with van der Waals surface area (Å²) < 4.78 is 2.14. The monoisotopic (exact) mass is 284 g/mol. The molecule has 0 aliphatic heterocycles. The predicted molar refractivity (Wildman–Crippen MR) is 84.2 cm³/mol. The van der Waals surface area contributed by atoms with E-state index in [2.05, 4.69) is 72.4 Å². The summed E-state index contributed by atoms with van der Waals surface area (Å²) in [7, 11) is 0. The average Bonchev–Trinajstić information content (AvgIpc) is 2.43. The van der Waals surface area contributed by atoms with Crippen molar-refractivity contribution in [3.8, 4) is 0 Å². The Labute approximate surface area is 123 Å². The van der Waals surface area contributed by atoms with Crippen molar-refractivity contribution in [3.63, 3.8) is 0 Å². The van der Waals surface area contributed by atoms with Crippen LogP contribution >= 0.6 is 25.3 Å². The molecule has 0 unspecified atom stereocenters. The van der Waals surface area contributed by atoms with Gasteiger partial charge in [0, 0.05) is 16.5 Å². The molecule has 0 N–H and O–H groups in total. The van der Waals surface area contributed by atoms with Crippen molar-refractivity contribution in [1.82, 2.24) is 0 Å².